The molecule has 11 rings (SSSR count). The van der Waals surface area contributed by atoms with E-state index in [0.717, 1.165) is 82.6 Å². The lowest BCUT2D eigenvalue weighted by Gasteiger charge is -2.16. The predicted octanol–water partition coefficient (Wildman–Crippen LogP) is 12.5. The van der Waals surface area contributed by atoms with Gasteiger partial charge in [0.2, 0.25) is 0 Å². The summed E-state index contributed by atoms with van der Waals surface area (Å²) in [6.07, 6.45) is 0. The fraction of sp³-hybridized carbons (Fsp3) is 0. The van der Waals surface area contributed by atoms with Crippen LogP contribution in [0.15, 0.2) is 212 Å². The van der Waals surface area contributed by atoms with Gasteiger partial charge in [0.05, 0.1) is 16.7 Å². The molecule has 0 fully saturated rings. The first-order chi connectivity index (χ1) is 28.1. The molecule has 2 aromatic heterocycles. The average Bonchev–Trinajstić information content (AvgIpc) is 3.77. The van der Waals surface area contributed by atoms with E-state index in [0.29, 0.717) is 0 Å². The van der Waals surface area contributed by atoms with Crippen molar-refractivity contribution in [3.63, 3.8) is 0 Å². The third-order valence-electron chi connectivity index (χ3n) is 11.4. The van der Waals surface area contributed by atoms with E-state index >= 15 is 4.57 Å². The molecule has 1 aliphatic rings. The van der Waals surface area contributed by atoms with Crippen LogP contribution in [0.25, 0.3) is 83.4 Å². The highest BCUT2D eigenvalue weighted by Gasteiger charge is 2.42. The molecule has 57 heavy (non-hydrogen) atoms. The van der Waals surface area contributed by atoms with Crippen LogP contribution in [0.1, 0.15) is 0 Å². The lowest BCUT2D eigenvalue weighted by molar-refractivity contribution is 0.593. The van der Waals surface area contributed by atoms with Crippen LogP contribution in [-0.4, -0.2) is 9.55 Å². The van der Waals surface area contributed by atoms with Crippen LogP contribution in [0.3, 0.4) is 0 Å². The van der Waals surface area contributed by atoms with Crippen molar-refractivity contribution in [2.24, 2.45) is 0 Å². The maximum Gasteiger partial charge on any atom is 0.172 e. The number of pyridine rings is 1. The molecular formula is C53H35N2OP. The van der Waals surface area contributed by atoms with E-state index in [4.69, 9.17) is 4.98 Å². The van der Waals surface area contributed by atoms with E-state index in [2.05, 4.69) is 168 Å². The first-order valence-electron chi connectivity index (χ1n) is 19.3. The molecule has 3 heterocycles. The van der Waals surface area contributed by atoms with Crippen molar-refractivity contribution in [3.05, 3.63) is 212 Å². The summed E-state index contributed by atoms with van der Waals surface area (Å²) in [6, 6.07) is 74.0. The molecule has 10 aromatic rings. The lowest BCUT2D eigenvalue weighted by Crippen LogP contribution is -2.20. The Hall–Kier alpha value is -7.06. The second kappa shape index (κ2) is 13.3. The van der Waals surface area contributed by atoms with Crippen LogP contribution < -0.4 is 15.9 Å². The smallest absolute Gasteiger partial charge is 0.172 e. The lowest BCUT2D eigenvalue weighted by atomic mass is 9.98. The summed E-state index contributed by atoms with van der Waals surface area (Å²) in [5.74, 6) is 0.806. The van der Waals surface area contributed by atoms with Gasteiger partial charge in [0, 0.05) is 37.8 Å². The summed E-state index contributed by atoms with van der Waals surface area (Å²) in [4.78, 5) is 5.51. The molecule has 1 atom stereocenters. The van der Waals surface area contributed by atoms with Crippen molar-refractivity contribution in [1.29, 1.82) is 0 Å². The van der Waals surface area contributed by atoms with Gasteiger partial charge in [0.15, 0.2) is 7.14 Å². The van der Waals surface area contributed by atoms with Crippen molar-refractivity contribution in [2.45, 2.75) is 0 Å². The SMILES string of the molecule is O=P1(c2ccccc2)c2ccccc2-c2c1ccc1c3ccccc3n(-c3cc(-c4ccc(-c5ccccc5)cc4)cc(-c4ccc(-c5ccccc5)cc4)n3)c21. The molecule has 268 valence electrons. The number of fused-ring (bicyclic) bond motifs is 7. The Balaban J connectivity index is 1.18. The minimum atomic E-state index is -3.17. The third-order valence-corrected chi connectivity index (χ3v) is 14.6. The maximum atomic E-state index is 15.7. The molecule has 0 amide bonds. The van der Waals surface area contributed by atoms with Gasteiger partial charge in [-0.1, -0.05) is 188 Å². The van der Waals surface area contributed by atoms with Crippen LogP contribution in [0, 0.1) is 0 Å². The van der Waals surface area contributed by atoms with E-state index < -0.39 is 7.14 Å². The first kappa shape index (κ1) is 33.3. The van der Waals surface area contributed by atoms with Crippen LogP contribution in [0.2, 0.25) is 0 Å². The highest BCUT2D eigenvalue weighted by Crippen LogP contribution is 2.54. The fourth-order valence-electron chi connectivity index (χ4n) is 8.71. The summed E-state index contributed by atoms with van der Waals surface area (Å²) in [7, 11) is -3.17. The standard InChI is InChI=1S/C53H35N2OP/c56-57(43-18-8-3-9-19-43)49-23-13-11-21-46(49)52-50(57)33-32-45-44-20-10-12-22-48(44)55(53(45)52)51-35-42(40-26-24-38(25-27-40)36-14-4-1-5-15-36)34-47(54-51)41-30-28-39(29-31-41)37-16-6-2-7-17-37/h1-35H. The van der Waals surface area contributed by atoms with Gasteiger partial charge in [-0.2, -0.15) is 0 Å². The molecule has 0 saturated carbocycles. The third kappa shape index (κ3) is 5.35. The van der Waals surface area contributed by atoms with Crippen molar-refractivity contribution in [3.8, 4) is 61.6 Å². The van der Waals surface area contributed by atoms with Crippen LogP contribution >= 0.6 is 7.14 Å². The number of benzene rings is 8. The Morgan fingerprint density at radius 2 is 0.930 bits per heavy atom. The van der Waals surface area contributed by atoms with Gasteiger partial charge in [-0.15, -0.1) is 0 Å². The van der Waals surface area contributed by atoms with Gasteiger partial charge in [0.25, 0.3) is 0 Å². The second-order valence-electron chi connectivity index (χ2n) is 14.7. The van der Waals surface area contributed by atoms with Crippen molar-refractivity contribution < 1.29 is 4.57 Å². The summed E-state index contributed by atoms with van der Waals surface area (Å²) in [5, 5.41) is 4.83. The van der Waals surface area contributed by atoms with E-state index in [1.165, 1.54) is 16.7 Å². The molecule has 3 nitrogen and oxygen atoms in total. The van der Waals surface area contributed by atoms with E-state index in [9.17, 15) is 0 Å². The molecule has 0 saturated heterocycles. The first-order valence-corrected chi connectivity index (χ1v) is 21.0. The number of hydrogen-bond donors (Lipinski definition) is 0. The minimum Gasteiger partial charge on any atom is -0.309 e. The summed E-state index contributed by atoms with van der Waals surface area (Å²) in [6.45, 7) is 0. The van der Waals surface area contributed by atoms with Gasteiger partial charge in [0.1, 0.15) is 5.82 Å². The molecule has 1 aliphatic heterocycles. The monoisotopic (exact) mass is 746 g/mol. The molecular weight excluding hydrogens is 712 g/mol. The van der Waals surface area contributed by atoms with Gasteiger partial charge < -0.3 is 4.57 Å². The molecule has 1 unspecified atom stereocenters. The Morgan fingerprint density at radius 1 is 0.404 bits per heavy atom. The molecule has 0 aliphatic carbocycles. The zero-order valence-corrected chi connectivity index (χ0v) is 31.9. The minimum absolute atomic E-state index is 0.806. The maximum absolute atomic E-state index is 15.7. The van der Waals surface area contributed by atoms with Gasteiger partial charge in [-0.25, -0.2) is 4.98 Å². The van der Waals surface area contributed by atoms with Gasteiger partial charge in [-0.3, -0.25) is 4.57 Å². The number of hydrogen-bond acceptors (Lipinski definition) is 2. The average molecular weight is 747 g/mol. The topological polar surface area (TPSA) is 34.9 Å². The molecule has 0 bridgehead atoms. The zero-order chi connectivity index (χ0) is 37.9. The number of aromatic nitrogens is 2. The molecule has 0 spiro atoms. The molecule has 0 N–H and O–H groups in total. The van der Waals surface area contributed by atoms with Crippen molar-refractivity contribution >= 4 is 44.9 Å². The zero-order valence-electron chi connectivity index (χ0n) is 31.0. The van der Waals surface area contributed by atoms with Gasteiger partial charge in [-0.05, 0) is 63.2 Å². The number of para-hydroxylation sites is 1. The normalized spacial score (nSPS) is 14.5. The summed E-state index contributed by atoms with van der Waals surface area (Å²) in [5.41, 5.74) is 12.9. The number of nitrogens with zero attached hydrogens (tertiary/aromatic N) is 2. The summed E-state index contributed by atoms with van der Waals surface area (Å²) >= 11 is 0. The van der Waals surface area contributed by atoms with Crippen LogP contribution in [0.4, 0.5) is 0 Å². The predicted molar refractivity (Wildman–Crippen MR) is 239 cm³/mol. The Morgan fingerprint density at radius 3 is 1.60 bits per heavy atom. The van der Waals surface area contributed by atoms with Crippen LogP contribution in [0.5, 0.6) is 0 Å². The van der Waals surface area contributed by atoms with Crippen molar-refractivity contribution in [1.82, 2.24) is 9.55 Å². The van der Waals surface area contributed by atoms with E-state index in [1.807, 2.05) is 48.5 Å². The molecule has 0 radical (unpaired) electrons. The quantitative estimate of drug-likeness (QED) is 0.159. The summed E-state index contributed by atoms with van der Waals surface area (Å²) < 4.78 is 18.0. The van der Waals surface area contributed by atoms with Crippen LogP contribution in [-0.2, 0) is 4.57 Å². The van der Waals surface area contributed by atoms with Gasteiger partial charge >= 0.3 is 0 Å². The molecule has 4 heteroatoms. The number of rotatable bonds is 6. The highest BCUT2D eigenvalue weighted by atomic mass is 31.2. The van der Waals surface area contributed by atoms with Crippen molar-refractivity contribution in [2.75, 3.05) is 0 Å². The largest absolute Gasteiger partial charge is 0.309 e. The Bertz CT molecular complexity index is 3070. The highest BCUT2D eigenvalue weighted by molar-refractivity contribution is 7.86. The Kier molecular flexibility index (Phi) is 7.77. The molecule has 8 aromatic carbocycles. The van der Waals surface area contributed by atoms with E-state index in [1.54, 1.807) is 0 Å². The second-order valence-corrected chi connectivity index (χ2v) is 17.4. The Labute approximate surface area is 331 Å². The fourth-order valence-corrected chi connectivity index (χ4v) is 11.8. The van der Waals surface area contributed by atoms with E-state index in [-0.39, 0.29) is 0 Å².